The zero-order valence-corrected chi connectivity index (χ0v) is 17.3. The van der Waals surface area contributed by atoms with Crippen LogP contribution in [-0.4, -0.2) is 41.9 Å². The molecule has 8 heteroatoms. The predicted molar refractivity (Wildman–Crippen MR) is 112 cm³/mol. The molecule has 2 aliphatic rings. The van der Waals surface area contributed by atoms with Crippen LogP contribution in [0.1, 0.15) is 55.9 Å². The highest BCUT2D eigenvalue weighted by atomic mass is 16.2. The monoisotopic (exact) mass is 406 g/mol. The van der Waals surface area contributed by atoms with Crippen LogP contribution < -0.4 is 5.56 Å². The van der Waals surface area contributed by atoms with Gasteiger partial charge < -0.3 is 9.47 Å². The number of benzene rings is 1. The first-order valence-electron chi connectivity index (χ1n) is 10.8. The Labute approximate surface area is 174 Å². The van der Waals surface area contributed by atoms with Gasteiger partial charge in [0, 0.05) is 30.9 Å². The van der Waals surface area contributed by atoms with Crippen LogP contribution in [0, 0.1) is 0 Å². The van der Waals surface area contributed by atoms with Crippen LogP contribution >= 0.6 is 0 Å². The Bertz CT molecular complexity index is 1160. The first-order valence-corrected chi connectivity index (χ1v) is 10.8. The molecular weight excluding hydrogens is 380 g/mol. The summed E-state index contributed by atoms with van der Waals surface area (Å²) in [7, 11) is 0. The van der Waals surface area contributed by atoms with Gasteiger partial charge in [0.2, 0.25) is 5.91 Å². The molecule has 0 unspecified atom stereocenters. The zero-order valence-electron chi connectivity index (χ0n) is 17.3. The first kappa shape index (κ1) is 19.0. The Balaban J connectivity index is 1.40. The molecule has 1 fully saturated rings. The van der Waals surface area contributed by atoms with Gasteiger partial charge in [-0.2, -0.15) is 5.10 Å². The molecule has 1 aromatic carbocycles. The summed E-state index contributed by atoms with van der Waals surface area (Å²) >= 11 is 0. The minimum Gasteiger partial charge on any atom is -0.333 e. The molecule has 3 heterocycles. The molecule has 0 spiro atoms. The molecule has 0 bridgehead atoms. The number of aryl methyl sites for hydroxylation is 1. The first-order chi connectivity index (χ1) is 14.7. The largest absolute Gasteiger partial charge is 0.333 e. The number of hydrogen-bond acceptors (Lipinski definition) is 5. The summed E-state index contributed by atoms with van der Waals surface area (Å²) in [6.45, 7) is 4.52. The van der Waals surface area contributed by atoms with Crippen LogP contribution in [0.15, 0.2) is 29.1 Å². The number of rotatable bonds is 6. The van der Waals surface area contributed by atoms with Crippen LogP contribution in [0.3, 0.4) is 0 Å². The molecule has 1 saturated carbocycles. The molecule has 0 N–H and O–H groups in total. The van der Waals surface area contributed by atoms with Gasteiger partial charge in [0.25, 0.3) is 5.56 Å². The number of nitrogens with zero attached hydrogens (tertiary/aromatic N) is 6. The molecule has 0 atom stereocenters. The van der Waals surface area contributed by atoms with Crippen molar-refractivity contribution in [2.75, 3.05) is 6.54 Å². The van der Waals surface area contributed by atoms with E-state index in [0.29, 0.717) is 36.6 Å². The lowest BCUT2D eigenvalue weighted by atomic mass is 10.1. The number of aromatic nitrogens is 5. The fourth-order valence-corrected chi connectivity index (χ4v) is 4.19. The van der Waals surface area contributed by atoms with Gasteiger partial charge >= 0.3 is 0 Å². The molecule has 0 saturated heterocycles. The minimum atomic E-state index is -0.0890. The standard InChI is InChI=1S/C22H26N6O2/c1-2-3-10-28-22(30)17-7-5-4-6-16(17)18(25-28)13-20(29)26-11-12-27-19(14-26)23-24-21(27)15-8-9-15/h4-7,15H,2-3,8-14H2,1H3. The Morgan fingerprint density at radius 3 is 2.70 bits per heavy atom. The van der Waals surface area contributed by atoms with E-state index in [2.05, 4.69) is 26.8 Å². The number of fused-ring (bicyclic) bond motifs is 2. The third-order valence-electron chi connectivity index (χ3n) is 6.06. The molecular formula is C22H26N6O2. The van der Waals surface area contributed by atoms with Crippen molar-refractivity contribution >= 4 is 16.7 Å². The van der Waals surface area contributed by atoms with Gasteiger partial charge in [0.05, 0.1) is 24.0 Å². The Hall–Kier alpha value is -3.03. The summed E-state index contributed by atoms with van der Waals surface area (Å²) in [4.78, 5) is 27.7. The lowest BCUT2D eigenvalue weighted by Gasteiger charge is -2.28. The van der Waals surface area contributed by atoms with Crippen LogP contribution in [0.5, 0.6) is 0 Å². The molecule has 3 aromatic rings. The van der Waals surface area contributed by atoms with E-state index in [1.165, 1.54) is 17.5 Å². The summed E-state index contributed by atoms with van der Waals surface area (Å²) in [5.74, 6) is 2.50. The average Bonchev–Trinajstić information content (AvgIpc) is 3.53. The molecule has 8 nitrogen and oxygen atoms in total. The van der Waals surface area contributed by atoms with Gasteiger partial charge in [0.15, 0.2) is 5.82 Å². The van der Waals surface area contributed by atoms with E-state index >= 15 is 0 Å². The molecule has 156 valence electrons. The molecule has 1 amide bonds. The number of unbranched alkanes of at least 4 members (excludes halogenated alkanes) is 1. The van der Waals surface area contributed by atoms with Crippen molar-refractivity contribution in [3.05, 3.63) is 52.0 Å². The van der Waals surface area contributed by atoms with Gasteiger partial charge in [-0.15, -0.1) is 10.2 Å². The maximum absolute atomic E-state index is 13.1. The number of carbonyl (C=O) groups excluding carboxylic acids is 1. The normalized spacial score (nSPS) is 16.1. The third kappa shape index (κ3) is 3.40. The summed E-state index contributed by atoms with van der Waals surface area (Å²) in [6.07, 6.45) is 4.41. The van der Waals surface area contributed by atoms with Crippen molar-refractivity contribution in [2.45, 2.75) is 64.6 Å². The van der Waals surface area contributed by atoms with Crippen molar-refractivity contribution in [3.63, 3.8) is 0 Å². The third-order valence-corrected chi connectivity index (χ3v) is 6.06. The molecule has 2 aromatic heterocycles. The number of carbonyl (C=O) groups is 1. The topological polar surface area (TPSA) is 85.9 Å². The highest BCUT2D eigenvalue weighted by Crippen LogP contribution is 2.39. The maximum Gasteiger partial charge on any atom is 0.274 e. The second-order valence-corrected chi connectivity index (χ2v) is 8.27. The smallest absolute Gasteiger partial charge is 0.274 e. The predicted octanol–water partition coefficient (Wildman–Crippen LogP) is 2.25. The Kier molecular flexibility index (Phi) is 4.84. The van der Waals surface area contributed by atoms with Crippen molar-refractivity contribution in [3.8, 4) is 0 Å². The zero-order chi connectivity index (χ0) is 20.7. The van der Waals surface area contributed by atoms with Gasteiger partial charge in [-0.25, -0.2) is 4.68 Å². The van der Waals surface area contributed by atoms with E-state index < -0.39 is 0 Å². The van der Waals surface area contributed by atoms with Gasteiger partial charge in [-0.1, -0.05) is 31.5 Å². The Morgan fingerprint density at radius 2 is 1.93 bits per heavy atom. The van der Waals surface area contributed by atoms with Crippen molar-refractivity contribution in [2.24, 2.45) is 0 Å². The van der Waals surface area contributed by atoms with E-state index in [-0.39, 0.29) is 17.9 Å². The van der Waals surface area contributed by atoms with Crippen molar-refractivity contribution in [1.29, 1.82) is 0 Å². The van der Waals surface area contributed by atoms with E-state index in [1.807, 2.05) is 29.2 Å². The second-order valence-electron chi connectivity index (χ2n) is 8.27. The molecule has 0 radical (unpaired) electrons. The van der Waals surface area contributed by atoms with E-state index in [0.717, 1.165) is 36.4 Å². The number of hydrogen-bond donors (Lipinski definition) is 0. The second kappa shape index (κ2) is 7.66. The van der Waals surface area contributed by atoms with E-state index in [1.54, 1.807) is 0 Å². The van der Waals surface area contributed by atoms with Gasteiger partial charge in [-0.3, -0.25) is 9.59 Å². The summed E-state index contributed by atoms with van der Waals surface area (Å²) < 4.78 is 3.70. The van der Waals surface area contributed by atoms with Crippen LogP contribution in [0.4, 0.5) is 0 Å². The summed E-state index contributed by atoms with van der Waals surface area (Å²) in [5.41, 5.74) is 0.575. The van der Waals surface area contributed by atoms with Gasteiger partial charge in [-0.05, 0) is 25.3 Å². The molecule has 1 aliphatic heterocycles. The SMILES string of the molecule is CCCCn1nc(CC(=O)N2CCn3c(nnc3C3CC3)C2)c2ccccc2c1=O. The van der Waals surface area contributed by atoms with Crippen LogP contribution in [-0.2, 0) is 30.8 Å². The summed E-state index contributed by atoms with van der Waals surface area (Å²) in [6, 6.07) is 7.44. The van der Waals surface area contributed by atoms with Crippen LogP contribution in [0.25, 0.3) is 10.8 Å². The average molecular weight is 406 g/mol. The highest BCUT2D eigenvalue weighted by Gasteiger charge is 2.33. The molecule has 1 aliphatic carbocycles. The van der Waals surface area contributed by atoms with Crippen LogP contribution in [0.2, 0.25) is 0 Å². The van der Waals surface area contributed by atoms with Crippen molar-refractivity contribution < 1.29 is 4.79 Å². The molecule has 5 rings (SSSR count). The number of amides is 1. The van der Waals surface area contributed by atoms with Crippen molar-refractivity contribution in [1.82, 2.24) is 29.4 Å². The molecule has 30 heavy (non-hydrogen) atoms. The van der Waals surface area contributed by atoms with E-state index in [9.17, 15) is 9.59 Å². The maximum atomic E-state index is 13.1. The lowest BCUT2D eigenvalue weighted by molar-refractivity contribution is -0.132. The van der Waals surface area contributed by atoms with E-state index in [4.69, 9.17) is 0 Å². The summed E-state index contributed by atoms with van der Waals surface area (Å²) in [5, 5.41) is 14.6. The lowest BCUT2D eigenvalue weighted by Crippen LogP contribution is -2.40. The minimum absolute atomic E-state index is 0.00978. The quantitative estimate of drug-likeness (QED) is 0.627. The Morgan fingerprint density at radius 1 is 1.13 bits per heavy atom. The fraction of sp³-hybridized carbons (Fsp3) is 0.500. The fourth-order valence-electron chi connectivity index (χ4n) is 4.19. The van der Waals surface area contributed by atoms with Gasteiger partial charge in [0.1, 0.15) is 5.82 Å². The highest BCUT2D eigenvalue weighted by molar-refractivity contribution is 5.88.